The molecule has 0 unspecified atom stereocenters. The minimum absolute atomic E-state index is 0.790. The molecule has 2 aromatic rings. The smallest absolute Gasteiger partial charge is 0.0760 e. The fourth-order valence-corrected chi connectivity index (χ4v) is 3.65. The van der Waals surface area contributed by atoms with Crippen LogP contribution in [0.2, 0.25) is 0 Å². The van der Waals surface area contributed by atoms with Crippen LogP contribution in [0.4, 0.5) is 17.1 Å². The Hall–Kier alpha value is -2.13. The number of rotatable bonds is 4. The summed E-state index contributed by atoms with van der Waals surface area (Å²) >= 11 is 1.77. The van der Waals surface area contributed by atoms with Crippen molar-refractivity contribution in [1.29, 1.82) is 0 Å². The van der Waals surface area contributed by atoms with Crippen LogP contribution in [0, 0.1) is 0 Å². The molecule has 0 atom stereocenters. The molecule has 1 aliphatic heterocycles. The molecule has 3 N–H and O–H groups in total. The van der Waals surface area contributed by atoms with E-state index in [9.17, 15) is 0 Å². The Morgan fingerprint density at radius 2 is 1.71 bits per heavy atom. The van der Waals surface area contributed by atoms with Gasteiger partial charge in [-0.15, -0.1) is 13.2 Å². The third kappa shape index (κ3) is 2.69. The summed E-state index contributed by atoms with van der Waals surface area (Å²) in [7, 11) is 0. The van der Waals surface area contributed by atoms with Crippen molar-refractivity contribution in [2.45, 2.75) is 22.6 Å². The van der Waals surface area contributed by atoms with Gasteiger partial charge in [0.2, 0.25) is 0 Å². The van der Waals surface area contributed by atoms with Gasteiger partial charge in [0.15, 0.2) is 0 Å². The highest BCUT2D eigenvalue weighted by Gasteiger charge is 2.18. The zero-order chi connectivity index (χ0) is 14.8. The number of allylic oxidation sites excluding steroid dienone is 2. The van der Waals surface area contributed by atoms with Crippen molar-refractivity contribution in [2.75, 3.05) is 11.1 Å². The molecule has 0 spiro atoms. The summed E-state index contributed by atoms with van der Waals surface area (Å²) in [5.41, 5.74) is 11.6. The molecule has 0 saturated carbocycles. The second kappa shape index (κ2) is 5.70. The molecule has 0 saturated heterocycles. The minimum atomic E-state index is 0.790. The van der Waals surface area contributed by atoms with Gasteiger partial charge in [-0.1, -0.05) is 30.0 Å². The molecule has 3 rings (SSSR count). The summed E-state index contributed by atoms with van der Waals surface area (Å²) in [6, 6.07) is 10.7. The highest BCUT2D eigenvalue weighted by Crippen LogP contribution is 2.47. The van der Waals surface area contributed by atoms with Crippen molar-refractivity contribution >= 4 is 28.8 Å². The topological polar surface area (TPSA) is 38.0 Å². The molecule has 1 aliphatic rings. The van der Waals surface area contributed by atoms with Crippen LogP contribution in [0.1, 0.15) is 11.1 Å². The molecule has 0 bridgehead atoms. The van der Waals surface area contributed by atoms with Crippen LogP contribution in [0.25, 0.3) is 0 Å². The van der Waals surface area contributed by atoms with Gasteiger partial charge in [-0.3, -0.25) is 0 Å². The fourth-order valence-electron chi connectivity index (χ4n) is 2.50. The van der Waals surface area contributed by atoms with Crippen LogP contribution < -0.4 is 11.1 Å². The normalized spacial score (nSPS) is 12.0. The predicted octanol–water partition coefficient (Wildman–Crippen LogP) is 4.93. The zero-order valence-corrected chi connectivity index (χ0v) is 12.7. The van der Waals surface area contributed by atoms with Gasteiger partial charge in [-0.2, -0.15) is 0 Å². The number of benzene rings is 2. The second-order valence-corrected chi connectivity index (χ2v) is 6.19. The number of nitrogens with two attached hydrogens (primary N) is 1. The summed E-state index contributed by atoms with van der Waals surface area (Å²) in [6.45, 7) is 7.59. The van der Waals surface area contributed by atoms with Gasteiger partial charge in [0.1, 0.15) is 0 Å². The van der Waals surface area contributed by atoms with Crippen molar-refractivity contribution in [3.63, 3.8) is 0 Å². The van der Waals surface area contributed by atoms with Gasteiger partial charge in [0, 0.05) is 9.79 Å². The molecule has 3 heteroatoms. The van der Waals surface area contributed by atoms with E-state index < -0.39 is 0 Å². The van der Waals surface area contributed by atoms with Crippen molar-refractivity contribution in [3.8, 4) is 0 Å². The molecule has 2 nitrogen and oxygen atoms in total. The maximum atomic E-state index is 6.18. The fraction of sp³-hybridized carbons (Fsp3) is 0.111. The van der Waals surface area contributed by atoms with Gasteiger partial charge < -0.3 is 11.1 Å². The molecule has 0 aromatic heterocycles. The monoisotopic (exact) mass is 294 g/mol. The van der Waals surface area contributed by atoms with E-state index in [1.54, 1.807) is 11.8 Å². The lowest BCUT2D eigenvalue weighted by Gasteiger charge is -2.23. The van der Waals surface area contributed by atoms with Crippen molar-refractivity contribution in [2.24, 2.45) is 0 Å². The van der Waals surface area contributed by atoms with Gasteiger partial charge in [0.05, 0.1) is 17.1 Å². The summed E-state index contributed by atoms with van der Waals surface area (Å²) in [5.74, 6) is 0. The van der Waals surface area contributed by atoms with Crippen LogP contribution in [-0.2, 0) is 12.8 Å². The van der Waals surface area contributed by atoms with Gasteiger partial charge in [0.25, 0.3) is 0 Å². The van der Waals surface area contributed by atoms with Crippen molar-refractivity contribution in [1.82, 2.24) is 0 Å². The van der Waals surface area contributed by atoms with Crippen molar-refractivity contribution < 1.29 is 0 Å². The van der Waals surface area contributed by atoms with Crippen LogP contribution >= 0.6 is 11.8 Å². The first-order valence-electron chi connectivity index (χ1n) is 6.93. The van der Waals surface area contributed by atoms with E-state index in [1.165, 1.54) is 20.9 Å². The number of nitrogen functional groups attached to an aromatic ring is 1. The average molecular weight is 294 g/mol. The van der Waals surface area contributed by atoms with E-state index in [-0.39, 0.29) is 0 Å². The maximum absolute atomic E-state index is 6.18. The van der Waals surface area contributed by atoms with Gasteiger partial charge in [-0.05, 0) is 48.2 Å². The van der Waals surface area contributed by atoms with Gasteiger partial charge >= 0.3 is 0 Å². The molecule has 0 amide bonds. The molecular formula is C18H18N2S. The third-order valence-electron chi connectivity index (χ3n) is 3.48. The highest BCUT2D eigenvalue weighted by molar-refractivity contribution is 7.99. The average Bonchev–Trinajstić information content (AvgIpc) is 2.46. The zero-order valence-electron chi connectivity index (χ0n) is 11.9. The van der Waals surface area contributed by atoms with E-state index in [0.29, 0.717) is 0 Å². The number of nitrogens with one attached hydrogen (secondary N) is 1. The Bertz CT molecular complexity index is 719. The molecule has 0 radical (unpaired) electrons. The Labute approximate surface area is 129 Å². The number of anilines is 3. The Balaban J connectivity index is 2.00. The lowest BCUT2D eigenvalue weighted by molar-refractivity contribution is 1.20. The van der Waals surface area contributed by atoms with E-state index in [0.717, 1.165) is 29.9 Å². The Kier molecular flexibility index (Phi) is 3.76. The van der Waals surface area contributed by atoms with E-state index >= 15 is 0 Å². The van der Waals surface area contributed by atoms with Crippen LogP contribution in [0.15, 0.2) is 65.4 Å². The lowest BCUT2D eigenvalue weighted by atomic mass is 10.1. The number of fused-ring (bicyclic) bond motifs is 2. The Morgan fingerprint density at radius 3 is 2.48 bits per heavy atom. The quantitative estimate of drug-likeness (QED) is 0.529. The Morgan fingerprint density at radius 1 is 1.00 bits per heavy atom. The number of hydrogen-bond acceptors (Lipinski definition) is 3. The molecule has 0 fully saturated rings. The van der Waals surface area contributed by atoms with E-state index in [1.807, 2.05) is 18.2 Å². The molecule has 1 heterocycles. The number of hydrogen-bond donors (Lipinski definition) is 2. The summed E-state index contributed by atoms with van der Waals surface area (Å²) < 4.78 is 0. The van der Waals surface area contributed by atoms with E-state index in [4.69, 9.17) is 5.73 Å². The maximum Gasteiger partial charge on any atom is 0.0760 e. The lowest BCUT2D eigenvalue weighted by Crippen LogP contribution is -2.05. The van der Waals surface area contributed by atoms with Crippen LogP contribution in [0.3, 0.4) is 0 Å². The first-order chi connectivity index (χ1) is 10.2. The van der Waals surface area contributed by atoms with Gasteiger partial charge in [-0.25, -0.2) is 0 Å². The largest absolute Gasteiger partial charge is 0.397 e. The van der Waals surface area contributed by atoms with E-state index in [2.05, 4.69) is 42.7 Å². The summed E-state index contributed by atoms with van der Waals surface area (Å²) in [6.07, 6.45) is 5.55. The first kappa shape index (κ1) is 13.8. The van der Waals surface area contributed by atoms with Crippen LogP contribution in [0.5, 0.6) is 0 Å². The SMILES string of the molecule is C=CCc1ccc2c(c1)Sc1cc(CC=C)cc(N)c1N2. The molecule has 21 heavy (non-hydrogen) atoms. The minimum Gasteiger partial charge on any atom is -0.397 e. The standard InChI is InChI=1S/C18H18N2S/c1-3-5-12-7-8-15-16(10-12)21-17-11-13(6-4-2)9-14(19)18(17)20-15/h3-4,7-11,20H,1-2,5-6,19H2. The van der Waals surface area contributed by atoms with Crippen LogP contribution in [-0.4, -0.2) is 0 Å². The second-order valence-electron chi connectivity index (χ2n) is 5.10. The third-order valence-corrected chi connectivity index (χ3v) is 4.58. The molecular weight excluding hydrogens is 276 g/mol. The highest BCUT2D eigenvalue weighted by atomic mass is 32.2. The summed E-state index contributed by atoms with van der Waals surface area (Å²) in [5, 5.41) is 3.45. The summed E-state index contributed by atoms with van der Waals surface area (Å²) in [4.78, 5) is 2.41. The molecule has 2 aromatic carbocycles. The van der Waals surface area contributed by atoms with Crippen molar-refractivity contribution in [3.05, 3.63) is 66.8 Å². The molecule has 106 valence electrons. The molecule has 0 aliphatic carbocycles. The predicted molar refractivity (Wildman–Crippen MR) is 92.5 cm³/mol. The first-order valence-corrected chi connectivity index (χ1v) is 7.75.